The van der Waals surface area contributed by atoms with Crippen LogP contribution in [0.5, 0.6) is 5.75 Å². The lowest BCUT2D eigenvalue weighted by molar-refractivity contribution is 0.0724. The Kier molecular flexibility index (Phi) is 6.04. The number of rotatable bonds is 4. The highest BCUT2D eigenvalue weighted by molar-refractivity contribution is 6.08. The minimum Gasteiger partial charge on any atom is -0.423 e. The third kappa shape index (κ3) is 4.43. The van der Waals surface area contributed by atoms with Gasteiger partial charge in [-0.25, -0.2) is 18.0 Å². The van der Waals surface area contributed by atoms with Gasteiger partial charge < -0.3 is 4.74 Å². The van der Waals surface area contributed by atoms with Crippen LogP contribution in [0.1, 0.15) is 53.1 Å². The quantitative estimate of drug-likeness (QED) is 0.393. The first-order chi connectivity index (χ1) is 12.9. The maximum atomic E-state index is 14.5. The minimum absolute atomic E-state index is 0.0831. The molecule has 1 aliphatic carbocycles. The lowest BCUT2D eigenvalue weighted by Gasteiger charge is -2.28. The fourth-order valence-electron chi connectivity index (χ4n) is 3.52. The number of carbonyl (C=O) groups is 1. The zero-order valence-corrected chi connectivity index (χ0v) is 16.0. The molecule has 141 valence electrons. The van der Waals surface area contributed by atoms with Gasteiger partial charge in [-0.05, 0) is 60.9 Å². The van der Waals surface area contributed by atoms with E-state index >= 15 is 0 Å². The summed E-state index contributed by atoms with van der Waals surface area (Å²) < 4.78 is 47.5. The molecule has 0 unspecified atom stereocenters. The van der Waals surface area contributed by atoms with Gasteiger partial charge in [0.25, 0.3) is 0 Å². The van der Waals surface area contributed by atoms with Crippen LogP contribution in [0.3, 0.4) is 0 Å². The van der Waals surface area contributed by atoms with Crippen molar-refractivity contribution < 1.29 is 22.7 Å². The van der Waals surface area contributed by atoms with E-state index in [0.29, 0.717) is 17.0 Å². The number of halogens is 3. The number of hydrogen-bond donors (Lipinski definition) is 0. The summed E-state index contributed by atoms with van der Waals surface area (Å²) in [6.45, 7) is 1.56. The van der Waals surface area contributed by atoms with Crippen LogP contribution in [0.25, 0.3) is 0 Å². The van der Waals surface area contributed by atoms with Crippen LogP contribution in [0, 0.1) is 30.3 Å². The second kappa shape index (κ2) is 8.29. The topological polar surface area (TPSA) is 26.3 Å². The SMILES string of the molecule is Cc1ccc(OC(=O)c2c(F)cc(C3CCC(C[Si])CC3)cc2F)cc1F. The molecule has 0 N–H and O–H groups in total. The monoisotopic (exact) mass is 389 g/mol. The average molecular weight is 389 g/mol. The van der Waals surface area contributed by atoms with Gasteiger partial charge in [0, 0.05) is 16.3 Å². The van der Waals surface area contributed by atoms with Gasteiger partial charge in [-0.3, -0.25) is 0 Å². The largest absolute Gasteiger partial charge is 0.423 e. The van der Waals surface area contributed by atoms with Gasteiger partial charge in [0.15, 0.2) is 0 Å². The fourth-order valence-corrected chi connectivity index (χ4v) is 3.93. The van der Waals surface area contributed by atoms with Crippen molar-refractivity contribution in [3.05, 3.63) is 64.5 Å². The molecule has 3 radical (unpaired) electrons. The van der Waals surface area contributed by atoms with Crippen LogP contribution in [0.2, 0.25) is 6.04 Å². The van der Waals surface area contributed by atoms with E-state index in [1.165, 1.54) is 24.3 Å². The van der Waals surface area contributed by atoms with Gasteiger partial charge in [-0.15, -0.1) is 0 Å². The number of ether oxygens (including phenoxy) is 1. The van der Waals surface area contributed by atoms with E-state index in [-0.39, 0.29) is 11.7 Å². The second-order valence-corrected chi connectivity index (χ2v) is 7.49. The van der Waals surface area contributed by atoms with Crippen molar-refractivity contribution in [2.45, 2.75) is 44.6 Å². The molecule has 2 aromatic rings. The molecule has 0 bridgehead atoms. The number of benzene rings is 2. The Morgan fingerprint density at radius 1 is 1.04 bits per heavy atom. The van der Waals surface area contributed by atoms with E-state index in [1.54, 1.807) is 6.92 Å². The van der Waals surface area contributed by atoms with E-state index in [9.17, 15) is 18.0 Å². The molecule has 0 saturated heterocycles. The predicted molar refractivity (Wildman–Crippen MR) is 97.7 cm³/mol. The van der Waals surface area contributed by atoms with Crippen molar-refractivity contribution in [2.24, 2.45) is 5.92 Å². The maximum absolute atomic E-state index is 14.5. The molecule has 1 fully saturated rings. The van der Waals surface area contributed by atoms with Crippen molar-refractivity contribution in [1.82, 2.24) is 0 Å². The molecule has 1 saturated carbocycles. The zero-order valence-electron chi connectivity index (χ0n) is 15.0. The van der Waals surface area contributed by atoms with Crippen molar-refractivity contribution in [2.75, 3.05) is 0 Å². The summed E-state index contributed by atoms with van der Waals surface area (Å²) >= 11 is 0. The molecule has 2 aromatic carbocycles. The van der Waals surface area contributed by atoms with Crippen LogP contribution in [-0.2, 0) is 0 Å². The second-order valence-electron chi connectivity index (χ2n) is 7.08. The molecule has 27 heavy (non-hydrogen) atoms. The molecule has 3 rings (SSSR count). The van der Waals surface area contributed by atoms with Crippen molar-refractivity contribution in [3.8, 4) is 5.75 Å². The Balaban J connectivity index is 1.78. The van der Waals surface area contributed by atoms with E-state index < -0.39 is 29.0 Å². The third-order valence-corrected chi connectivity index (χ3v) is 5.81. The van der Waals surface area contributed by atoms with Crippen molar-refractivity contribution in [1.29, 1.82) is 0 Å². The molecule has 0 spiro atoms. The molecule has 0 amide bonds. The van der Waals surface area contributed by atoms with Crippen LogP contribution < -0.4 is 4.74 Å². The highest BCUT2D eigenvalue weighted by atomic mass is 28.1. The normalized spacial score (nSPS) is 19.7. The summed E-state index contributed by atoms with van der Waals surface area (Å²) in [4.78, 5) is 12.2. The highest BCUT2D eigenvalue weighted by Gasteiger charge is 2.26. The number of esters is 1. The Bertz CT molecular complexity index is 822. The third-order valence-electron chi connectivity index (χ3n) is 5.23. The molecule has 6 heteroatoms. The zero-order chi connectivity index (χ0) is 19.6. The predicted octanol–water partition coefficient (Wildman–Crippen LogP) is 5.49. The Labute approximate surface area is 160 Å². The molecular weight excluding hydrogens is 369 g/mol. The van der Waals surface area contributed by atoms with Crippen LogP contribution in [0.15, 0.2) is 30.3 Å². The lowest BCUT2D eigenvalue weighted by atomic mass is 9.79. The number of aryl methyl sites for hydroxylation is 1. The molecule has 0 aliphatic heterocycles. The van der Waals surface area contributed by atoms with Gasteiger partial charge in [0.1, 0.15) is 28.8 Å². The Morgan fingerprint density at radius 2 is 1.67 bits per heavy atom. The fraction of sp³-hybridized carbons (Fsp3) is 0.381. The summed E-state index contributed by atoms with van der Waals surface area (Å²) in [6.07, 6.45) is 3.72. The maximum Gasteiger partial charge on any atom is 0.349 e. The van der Waals surface area contributed by atoms with Gasteiger partial charge in [-0.2, -0.15) is 0 Å². The van der Waals surface area contributed by atoms with Gasteiger partial charge >= 0.3 is 5.97 Å². The van der Waals surface area contributed by atoms with Gasteiger partial charge in [-0.1, -0.05) is 25.0 Å². The van der Waals surface area contributed by atoms with Crippen LogP contribution in [0.4, 0.5) is 13.2 Å². The Morgan fingerprint density at radius 3 is 2.22 bits per heavy atom. The molecule has 0 atom stereocenters. The first-order valence-corrected chi connectivity index (χ1v) is 9.71. The number of hydrogen-bond acceptors (Lipinski definition) is 2. The lowest BCUT2D eigenvalue weighted by Crippen LogP contribution is -2.16. The highest BCUT2D eigenvalue weighted by Crippen LogP contribution is 2.37. The minimum atomic E-state index is -1.18. The molecule has 2 nitrogen and oxygen atoms in total. The molecule has 1 aliphatic rings. The van der Waals surface area contributed by atoms with E-state index in [2.05, 4.69) is 10.2 Å². The standard InChI is InChI=1S/C21H20F3O2Si/c1-12-2-7-16(10-17(12)22)26-21(25)20-18(23)8-15(9-19(20)24)14-5-3-13(11-27)4-6-14/h2,7-10,13-14H,3-6,11H2,1H3. The summed E-state index contributed by atoms with van der Waals surface area (Å²) in [7, 11) is 3.53. The van der Waals surface area contributed by atoms with E-state index in [4.69, 9.17) is 4.74 Å². The summed E-state index contributed by atoms with van der Waals surface area (Å²) in [5.74, 6) is -3.07. The molecule has 0 heterocycles. The summed E-state index contributed by atoms with van der Waals surface area (Å²) in [6, 6.07) is 7.18. The van der Waals surface area contributed by atoms with Crippen LogP contribution in [-0.4, -0.2) is 16.2 Å². The molecule has 0 aromatic heterocycles. The summed E-state index contributed by atoms with van der Waals surface area (Å²) in [5, 5.41) is 0. The number of carbonyl (C=O) groups excluding carboxylic acids is 1. The first kappa shape index (κ1) is 19.7. The van der Waals surface area contributed by atoms with Crippen molar-refractivity contribution in [3.63, 3.8) is 0 Å². The van der Waals surface area contributed by atoms with Crippen molar-refractivity contribution >= 4 is 16.2 Å². The van der Waals surface area contributed by atoms with E-state index in [1.807, 2.05) is 0 Å². The van der Waals surface area contributed by atoms with Gasteiger partial charge in [0.05, 0.1) is 0 Å². The van der Waals surface area contributed by atoms with Gasteiger partial charge in [0.2, 0.25) is 0 Å². The summed E-state index contributed by atoms with van der Waals surface area (Å²) in [5.41, 5.74) is 0.190. The molecular formula is C21H20F3O2Si. The average Bonchev–Trinajstić information content (AvgIpc) is 2.64. The Hall–Kier alpha value is -2.08. The smallest absolute Gasteiger partial charge is 0.349 e. The van der Waals surface area contributed by atoms with E-state index in [0.717, 1.165) is 37.8 Å². The first-order valence-electron chi connectivity index (χ1n) is 9.01. The van der Waals surface area contributed by atoms with Crippen LogP contribution >= 0.6 is 0 Å².